The summed E-state index contributed by atoms with van der Waals surface area (Å²) < 4.78 is 47.3. The van der Waals surface area contributed by atoms with Crippen LogP contribution in [0.1, 0.15) is 64.1 Å². The van der Waals surface area contributed by atoms with Gasteiger partial charge in [-0.25, -0.2) is 17.5 Å². The van der Waals surface area contributed by atoms with E-state index in [1.165, 1.54) is 12.1 Å². The van der Waals surface area contributed by atoms with Gasteiger partial charge in [-0.15, -0.1) is 0 Å². The van der Waals surface area contributed by atoms with Crippen LogP contribution in [0, 0.1) is 11.7 Å². The number of ether oxygens (including phenoxy) is 1. The summed E-state index contributed by atoms with van der Waals surface area (Å²) in [5.74, 6) is -0.532. The van der Waals surface area contributed by atoms with Crippen LogP contribution in [-0.4, -0.2) is 32.6 Å². The second-order valence-electron chi connectivity index (χ2n) is 8.40. The summed E-state index contributed by atoms with van der Waals surface area (Å²) in [4.78, 5) is 23.4. The number of benzene rings is 2. The van der Waals surface area contributed by atoms with Crippen LogP contribution < -0.4 is 14.8 Å². The van der Waals surface area contributed by atoms with Crippen LogP contribution in [0.3, 0.4) is 0 Å². The van der Waals surface area contributed by atoms with Crippen LogP contribution >= 0.6 is 0 Å². The number of carbonyl (C=O) groups excluding carboxylic acids is 2. The van der Waals surface area contributed by atoms with Crippen LogP contribution in [-0.2, 0) is 16.4 Å². The molecular formula is C23H25FN2O5S. The predicted octanol–water partition coefficient (Wildman–Crippen LogP) is 3.11. The maximum atomic E-state index is 14.0. The molecule has 9 heteroatoms. The molecule has 170 valence electrons. The van der Waals surface area contributed by atoms with Gasteiger partial charge in [-0.3, -0.25) is 14.9 Å². The fourth-order valence-corrected chi connectivity index (χ4v) is 4.97. The van der Waals surface area contributed by atoms with Crippen LogP contribution in [0.15, 0.2) is 36.4 Å². The molecule has 2 aromatic carbocycles. The summed E-state index contributed by atoms with van der Waals surface area (Å²) >= 11 is 0. The van der Waals surface area contributed by atoms with Crippen molar-refractivity contribution in [2.75, 3.05) is 12.4 Å². The molecule has 1 fully saturated rings. The molecule has 0 unspecified atom stereocenters. The fraction of sp³-hybridized carbons (Fsp3) is 0.391. The first-order valence-corrected chi connectivity index (χ1v) is 12.3. The molecule has 0 radical (unpaired) electrons. The quantitative estimate of drug-likeness (QED) is 0.531. The van der Waals surface area contributed by atoms with Gasteiger partial charge in [0.05, 0.1) is 23.5 Å². The van der Waals surface area contributed by atoms with E-state index >= 15 is 0 Å². The highest BCUT2D eigenvalue weighted by Crippen LogP contribution is 2.30. The standard InChI is InChI=1S/C23H25FN2O5S/c1-14(17-10-18(24)12-19(11-17)31-13-16-4-5-16)26-32(29,30)8-2-3-15-6-7-20-21(9-15)23(28)25-22(20)27/h6-7,9-12,14,16,26H,2-5,8,13H2,1H3,(H,25,27,28)/t14-/m1/s1. The second-order valence-corrected chi connectivity index (χ2v) is 10.3. The molecule has 1 atom stereocenters. The Kier molecular flexibility index (Phi) is 6.30. The summed E-state index contributed by atoms with van der Waals surface area (Å²) in [7, 11) is -3.62. The molecule has 0 aromatic heterocycles. The zero-order valence-corrected chi connectivity index (χ0v) is 18.5. The average Bonchev–Trinajstić information content (AvgIpc) is 3.51. The molecule has 2 aliphatic rings. The Morgan fingerprint density at radius 1 is 1.12 bits per heavy atom. The van der Waals surface area contributed by atoms with E-state index in [9.17, 15) is 22.4 Å². The van der Waals surface area contributed by atoms with Gasteiger partial charge in [-0.05, 0) is 73.9 Å². The van der Waals surface area contributed by atoms with Gasteiger partial charge < -0.3 is 4.74 Å². The molecular weight excluding hydrogens is 435 g/mol. The Hall–Kier alpha value is -2.78. The third-order valence-corrected chi connectivity index (χ3v) is 7.15. The number of sulfonamides is 1. The van der Waals surface area contributed by atoms with Gasteiger partial charge in [-0.1, -0.05) is 6.07 Å². The van der Waals surface area contributed by atoms with Crippen molar-refractivity contribution in [3.8, 4) is 5.75 Å². The summed E-state index contributed by atoms with van der Waals surface area (Å²) in [5.41, 5.74) is 1.92. The van der Waals surface area contributed by atoms with E-state index < -0.39 is 33.7 Å². The van der Waals surface area contributed by atoms with Gasteiger partial charge in [0.25, 0.3) is 11.8 Å². The third-order valence-electron chi connectivity index (χ3n) is 5.61. The van der Waals surface area contributed by atoms with Crippen molar-refractivity contribution in [1.82, 2.24) is 10.0 Å². The summed E-state index contributed by atoms with van der Waals surface area (Å²) in [5, 5.41) is 2.23. The molecule has 2 amide bonds. The SMILES string of the molecule is C[C@@H](NS(=O)(=O)CCCc1ccc2c(c1)C(=O)NC2=O)c1cc(F)cc(OCC2CC2)c1. The van der Waals surface area contributed by atoms with Crippen LogP contribution in [0.4, 0.5) is 4.39 Å². The Bertz CT molecular complexity index is 1160. The van der Waals surface area contributed by atoms with Gasteiger partial charge >= 0.3 is 0 Å². The first kappa shape index (κ1) is 22.4. The Morgan fingerprint density at radius 2 is 1.88 bits per heavy atom. The number of aryl methyl sites for hydroxylation is 1. The predicted molar refractivity (Wildman–Crippen MR) is 117 cm³/mol. The lowest BCUT2D eigenvalue weighted by Gasteiger charge is -2.16. The monoisotopic (exact) mass is 460 g/mol. The zero-order chi connectivity index (χ0) is 22.9. The molecule has 2 aromatic rings. The van der Waals surface area contributed by atoms with Crippen molar-refractivity contribution in [3.05, 3.63) is 64.5 Å². The van der Waals surface area contributed by atoms with Crippen molar-refractivity contribution in [1.29, 1.82) is 0 Å². The van der Waals surface area contributed by atoms with E-state index in [1.807, 2.05) is 0 Å². The number of hydrogen-bond donors (Lipinski definition) is 2. The highest BCUT2D eigenvalue weighted by molar-refractivity contribution is 7.89. The normalized spacial score (nSPS) is 16.6. The summed E-state index contributed by atoms with van der Waals surface area (Å²) in [6, 6.07) is 8.56. The van der Waals surface area contributed by atoms with E-state index in [1.54, 1.807) is 31.2 Å². The molecule has 0 bridgehead atoms. The van der Waals surface area contributed by atoms with Gasteiger partial charge in [0.1, 0.15) is 11.6 Å². The number of carbonyl (C=O) groups is 2. The highest BCUT2D eigenvalue weighted by Gasteiger charge is 2.26. The average molecular weight is 461 g/mol. The number of nitrogens with one attached hydrogen (secondary N) is 2. The minimum Gasteiger partial charge on any atom is -0.493 e. The first-order valence-electron chi connectivity index (χ1n) is 10.6. The second kappa shape index (κ2) is 8.99. The Balaban J connectivity index is 1.33. The largest absolute Gasteiger partial charge is 0.493 e. The molecule has 0 saturated heterocycles. The Labute approximate surface area is 186 Å². The van der Waals surface area contributed by atoms with E-state index in [-0.39, 0.29) is 5.75 Å². The molecule has 1 saturated carbocycles. The van der Waals surface area contributed by atoms with Crippen molar-refractivity contribution in [2.45, 2.75) is 38.6 Å². The lowest BCUT2D eigenvalue weighted by Crippen LogP contribution is -2.29. The molecule has 2 N–H and O–H groups in total. The van der Waals surface area contributed by atoms with E-state index in [2.05, 4.69) is 10.0 Å². The van der Waals surface area contributed by atoms with E-state index in [4.69, 9.17) is 4.74 Å². The smallest absolute Gasteiger partial charge is 0.258 e. The molecule has 4 rings (SSSR count). The topological polar surface area (TPSA) is 102 Å². The number of amides is 2. The maximum Gasteiger partial charge on any atom is 0.258 e. The van der Waals surface area contributed by atoms with E-state index in [0.717, 1.165) is 18.4 Å². The third kappa shape index (κ3) is 5.52. The minimum atomic E-state index is -3.62. The molecule has 32 heavy (non-hydrogen) atoms. The molecule has 1 aliphatic carbocycles. The fourth-order valence-electron chi connectivity index (χ4n) is 3.65. The van der Waals surface area contributed by atoms with Crippen molar-refractivity contribution in [3.63, 3.8) is 0 Å². The lowest BCUT2D eigenvalue weighted by molar-refractivity contribution is 0.0879. The van der Waals surface area contributed by atoms with Crippen molar-refractivity contribution >= 4 is 21.8 Å². The van der Waals surface area contributed by atoms with Crippen LogP contribution in [0.2, 0.25) is 0 Å². The number of fused-ring (bicyclic) bond motifs is 1. The maximum absolute atomic E-state index is 14.0. The van der Waals surface area contributed by atoms with Crippen LogP contribution in [0.25, 0.3) is 0 Å². The number of imide groups is 1. The molecule has 1 heterocycles. The number of rotatable bonds is 10. The molecule has 1 aliphatic heterocycles. The van der Waals surface area contributed by atoms with Gasteiger partial charge in [0.15, 0.2) is 0 Å². The summed E-state index contributed by atoms with van der Waals surface area (Å²) in [6.07, 6.45) is 3.00. The lowest BCUT2D eigenvalue weighted by atomic mass is 10.0. The molecule has 7 nitrogen and oxygen atoms in total. The Morgan fingerprint density at radius 3 is 2.62 bits per heavy atom. The van der Waals surface area contributed by atoms with Crippen LogP contribution in [0.5, 0.6) is 5.75 Å². The highest BCUT2D eigenvalue weighted by atomic mass is 32.2. The minimum absolute atomic E-state index is 0.125. The van der Waals surface area contributed by atoms with Gasteiger partial charge in [0.2, 0.25) is 10.0 Å². The van der Waals surface area contributed by atoms with Gasteiger partial charge in [-0.2, -0.15) is 0 Å². The number of hydrogen-bond acceptors (Lipinski definition) is 5. The summed E-state index contributed by atoms with van der Waals surface area (Å²) in [6.45, 7) is 2.20. The zero-order valence-electron chi connectivity index (χ0n) is 17.7. The number of halogens is 1. The molecule has 0 spiro atoms. The van der Waals surface area contributed by atoms with Crippen molar-refractivity contribution < 1.29 is 27.1 Å². The van der Waals surface area contributed by atoms with Gasteiger partial charge in [0, 0.05) is 12.1 Å². The first-order chi connectivity index (χ1) is 15.2. The van der Waals surface area contributed by atoms with E-state index in [0.29, 0.717) is 47.8 Å². The van der Waals surface area contributed by atoms with Crippen molar-refractivity contribution in [2.24, 2.45) is 5.92 Å².